The number of aromatic hydroxyl groups is 1. The minimum Gasteiger partial charge on any atom is -0.506 e. The Morgan fingerprint density at radius 3 is 2.79 bits per heavy atom. The molecule has 0 amide bonds. The molecule has 0 bridgehead atoms. The average molecular weight is 212 g/mol. The summed E-state index contributed by atoms with van der Waals surface area (Å²) in [5.74, 6) is -1.16. The molecule has 0 unspecified atom stereocenters. The lowest BCUT2D eigenvalue weighted by molar-refractivity contribution is 0.0597. The number of esters is 1. The first kappa shape index (κ1) is 10.4. The van der Waals surface area contributed by atoms with Crippen molar-refractivity contribution in [2.75, 3.05) is 7.11 Å². The number of halogens is 1. The highest BCUT2D eigenvalue weighted by Crippen LogP contribution is 2.28. The van der Waals surface area contributed by atoms with Crippen LogP contribution in [0.3, 0.4) is 0 Å². The SMILES string of the molecule is COC(=O)c1ccc(Cl)c(C#N)c1O. The third-order valence-corrected chi connectivity index (χ3v) is 1.96. The lowest BCUT2D eigenvalue weighted by Gasteiger charge is -2.04. The lowest BCUT2D eigenvalue weighted by Crippen LogP contribution is -2.02. The van der Waals surface area contributed by atoms with Crippen LogP contribution in [-0.4, -0.2) is 18.2 Å². The van der Waals surface area contributed by atoms with Crippen molar-refractivity contribution in [3.8, 4) is 11.8 Å². The van der Waals surface area contributed by atoms with E-state index in [2.05, 4.69) is 4.74 Å². The summed E-state index contributed by atoms with van der Waals surface area (Å²) < 4.78 is 4.41. The van der Waals surface area contributed by atoms with Gasteiger partial charge in [0.2, 0.25) is 0 Å². The summed E-state index contributed by atoms with van der Waals surface area (Å²) in [5.41, 5.74) is -0.206. The summed E-state index contributed by atoms with van der Waals surface area (Å²) in [6.45, 7) is 0. The van der Waals surface area contributed by atoms with E-state index in [1.807, 2.05) is 0 Å². The second-order valence-corrected chi connectivity index (χ2v) is 2.83. The van der Waals surface area contributed by atoms with Gasteiger partial charge in [-0.1, -0.05) is 11.6 Å². The molecule has 1 aromatic carbocycles. The standard InChI is InChI=1S/C9H6ClNO3/c1-14-9(13)5-2-3-7(10)6(4-11)8(5)12/h2-3,12H,1H3. The van der Waals surface area contributed by atoms with E-state index >= 15 is 0 Å². The van der Waals surface area contributed by atoms with E-state index in [4.69, 9.17) is 16.9 Å². The van der Waals surface area contributed by atoms with Gasteiger partial charge in [0.1, 0.15) is 22.9 Å². The summed E-state index contributed by atoms with van der Waals surface area (Å²) in [7, 11) is 1.18. The Bertz CT molecular complexity index is 423. The van der Waals surface area contributed by atoms with Crippen LogP contribution in [-0.2, 0) is 4.74 Å². The van der Waals surface area contributed by atoms with Crippen molar-refractivity contribution in [2.45, 2.75) is 0 Å². The number of carbonyl (C=O) groups is 1. The fourth-order valence-electron chi connectivity index (χ4n) is 0.948. The molecule has 0 heterocycles. The molecule has 0 radical (unpaired) electrons. The molecule has 0 aliphatic carbocycles. The highest BCUT2D eigenvalue weighted by atomic mass is 35.5. The smallest absolute Gasteiger partial charge is 0.341 e. The quantitative estimate of drug-likeness (QED) is 0.718. The van der Waals surface area contributed by atoms with Crippen LogP contribution in [0.4, 0.5) is 0 Å². The fraction of sp³-hybridized carbons (Fsp3) is 0.111. The van der Waals surface area contributed by atoms with Gasteiger partial charge in [-0.05, 0) is 12.1 Å². The van der Waals surface area contributed by atoms with E-state index in [0.29, 0.717) is 0 Å². The van der Waals surface area contributed by atoms with Crippen LogP contribution in [0.15, 0.2) is 12.1 Å². The summed E-state index contributed by atoms with van der Waals surface area (Å²) in [6.07, 6.45) is 0. The molecule has 0 saturated heterocycles. The number of nitrogens with zero attached hydrogens (tertiary/aromatic N) is 1. The van der Waals surface area contributed by atoms with Gasteiger partial charge in [-0.3, -0.25) is 0 Å². The molecular weight excluding hydrogens is 206 g/mol. The lowest BCUT2D eigenvalue weighted by atomic mass is 10.1. The summed E-state index contributed by atoms with van der Waals surface area (Å²) in [4.78, 5) is 11.1. The van der Waals surface area contributed by atoms with Gasteiger partial charge in [0, 0.05) is 0 Å². The minimum atomic E-state index is -0.712. The van der Waals surface area contributed by atoms with Gasteiger partial charge in [-0.15, -0.1) is 0 Å². The van der Waals surface area contributed by atoms with Crippen molar-refractivity contribution in [3.05, 3.63) is 28.3 Å². The van der Waals surface area contributed by atoms with E-state index in [1.54, 1.807) is 6.07 Å². The fourth-order valence-corrected chi connectivity index (χ4v) is 1.14. The number of phenols is 1. The zero-order valence-electron chi connectivity index (χ0n) is 7.24. The van der Waals surface area contributed by atoms with Gasteiger partial charge >= 0.3 is 5.97 Å². The van der Waals surface area contributed by atoms with Gasteiger partial charge in [-0.2, -0.15) is 5.26 Å². The Labute approximate surface area is 85.3 Å². The first-order valence-electron chi connectivity index (χ1n) is 3.61. The van der Waals surface area contributed by atoms with Crippen molar-refractivity contribution >= 4 is 17.6 Å². The average Bonchev–Trinajstić information content (AvgIpc) is 2.18. The molecule has 4 nitrogen and oxygen atoms in total. The third-order valence-electron chi connectivity index (χ3n) is 1.64. The van der Waals surface area contributed by atoms with Gasteiger partial charge in [0.15, 0.2) is 0 Å². The van der Waals surface area contributed by atoms with E-state index in [1.165, 1.54) is 19.2 Å². The predicted molar refractivity (Wildman–Crippen MR) is 49.2 cm³/mol. The van der Waals surface area contributed by atoms with Crippen molar-refractivity contribution in [1.29, 1.82) is 5.26 Å². The third kappa shape index (κ3) is 1.63. The van der Waals surface area contributed by atoms with Crippen LogP contribution in [0, 0.1) is 11.3 Å². The van der Waals surface area contributed by atoms with Gasteiger partial charge in [0.05, 0.1) is 12.1 Å². The summed E-state index contributed by atoms with van der Waals surface area (Å²) in [5, 5.41) is 18.2. The summed E-state index contributed by atoms with van der Waals surface area (Å²) in [6, 6.07) is 4.34. The number of carbonyl (C=O) groups excluding carboxylic acids is 1. The number of ether oxygens (including phenoxy) is 1. The second-order valence-electron chi connectivity index (χ2n) is 2.42. The van der Waals surface area contributed by atoms with E-state index in [-0.39, 0.29) is 16.1 Å². The monoisotopic (exact) mass is 211 g/mol. The summed E-state index contributed by atoms with van der Waals surface area (Å²) >= 11 is 5.61. The zero-order valence-corrected chi connectivity index (χ0v) is 8.00. The molecule has 72 valence electrons. The first-order chi connectivity index (χ1) is 6.61. The molecular formula is C9H6ClNO3. The Morgan fingerprint density at radius 2 is 2.29 bits per heavy atom. The van der Waals surface area contributed by atoms with Crippen molar-refractivity contribution in [2.24, 2.45) is 0 Å². The van der Waals surface area contributed by atoms with Crippen LogP contribution < -0.4 is 0 Å². The highest BCUT2D eigenvalue weighted by molar-refractivity contribution is 6.32. The van der Waals surface area contributed by atoms with Gasteiger partial charge in [-0.25, -0.2) is 4.79 Å². The van der Waals surface area contributed by atoms with Crippen LogP contribution in [0.2, 0.25) is 5.02 Å². The maximum Gasteiger partial charge on any atom is 0.341 e. The Balaban J connectivity index is 3.37. The Kier molecular flexibility index (Phi) is 2.95. The zero-order chi connectivity index (χ0) is 10.7. The van der Waals surface area contributed by atoms with E-state index in [9.17, 15) is 9.90 Å². The van der Waals surface area contributed by atoms with Crippen LogP contribution >= 0.6 is 11.6 Å². The van der Waals surface area contributed by atoms with Crippen molar-refractivity contribution in [3.63, 3.8) is 0 Å². The van der Waals surface area contributed by atoms with Gasteiger partial charge < -0.3 is 9.84 Å². The Morgan fingerprint density at radius 1 is 1.64 bits per heavy atom. The second kappa shape index (κ2) is 3.99. The molecule has 0 aromatic heterocycles. The highest BCUT2D eigenvalue weighted by Gasteiger charge is 2.16. The molecule has 1 rings (SSSR count). The number of hydrogen-bond acceptors (Lipinski definition) is 4. The van der Waals surface area contributed by atoms with Crippen molar-refractivity contribution in [1.82, 2.24) is 0 Å². The molecule has 0 atom stereocenters. The van der Waals surface area contributed by atoms with Crippen molar-refractivity contribution < 1.29 is 14.6 Å². The van der Waals surface area contributed by atoms with Crippen LogP contribution in [0.5, 0.6) is 5.75 Å². The number of rotatable bonds is 1. The predicted octanol–water partition coefficient (Wildman–Crippen LogP) is 1.70. The van der Waals surface area contributed by atoms with Gasteiger partial charge in [0.25, 0.3) is 0 Å². The molecule has 0 aliphatic rings. The normalized spacial score (nSPS) is 9.21. The largest absolute Gasteiger partial charge is 0.506 e. The maximum absolute atomic E-state index is 11.1. The number of benzene rings is 1. The molecule has 1 N–H and O–H groups in total. The molecule has 0 aliphatic heterocycles. The molecule has 1 aromatic rings. The maximum atomic E-state index is 11.1. The molecule has 0 fully saturated rings. The van der Waals surface area contributed by atoms with E-state index in [0.717, 1.165) is 0 Å². The number of phenolic OH excluding ortho intramolecular Hbond substituents is 1. The first-order valence-corrected chi connectivity index (χ1v) is 3.99. The molecule has 0 spiro atoms. The topological polar surface area (TPSA) is 70.3 Å². The molecule has 5 heteroatoms. The van der Waals surface area contributed by atoms with Crippen LogP contribution in [0.1, 0.15) is 15.9 Å². The number of nitriles is 1. The number of hydrogen-bond donors (Lipinski definition) is 1. The molecule has 14 heavy (non-hydrogen) atoms. The van der Waals surface area contributed by atoms with Crippen LogP contribution in [0.25, 0.3) is 0 Å². The molecule has 0 saturated carbocycles. The number of methoxy groups -OCH3 is 1. The minimum absolute atomic E-state index is 0.0755. The van der Waals surface area contributed by atoms with E-state index < -0.39 is 11.7 Å². The Hall–Kier alpha value is -1.73.